The van der Waals surface area contributed by atoms with E-state index in [1.165, 1.54) is 5.56 Å². The lowest BCUT2D eigenvalue weighted by Crippen LogP contribution is -2.43. The van der Waals surface area contributed by atoms with Crippen molar-refractivity contribution in [2.75, 3.05) is 26.7 Å². The second kappa shape index (κ2) is 6.60. The van der Waals surface area contributed by atoms with Crippen LogP contribution in [0.15, 0.2) is 42.7 Å². The number of hydrogen-bond donors (Lipinski definition) is 2. The highest BCUT2D eigenvalue weighted by Gasteiger charge is 2.32. The van der Waals surface area contributed by atoms with Crippen LogP contribution in [0, 0.1) is 0 Å². The van der Waals surface area contributed by atoms with E-state index < -0.39 is 5.60 Å². The van der Waals surface area contributed by atoms with Gasteiger partial charge in [-0.2, -0.15) is 0 Å². The lowest BCUT2D eigenvalue weighted by molar-refractivity contribution is 0.0256. The summed E-state index contributed by atoms with van der Waals surface area (Å²) in [5.41, 5.74) is 0.661. The molecule has 1 aromatic carbocycles. The topological polar surface area (TPSA) is 53.3 Å². The largest absolute Gasteiger partial charge is 0.387 e. The van der Waals surface area contributed by atoms with Gasteiger partial charge in [-0.3, -0.25) is 4.90 Å². The minimum atomic E-state index is -0.606. The molecule has 0 spiro atoms. The third kappa shape index (κ3) is 3.74. The lowest BCUT2D eigenvalue weighted by atomic mass is 10.0. The molecular weight excluding hydrogens is 276 g/mol. The average Bonchev–Trinajstić information content (AvgIpc) is 3.10. The molecule has 1 fully saturated rings. The van der Waals surface area contributed by atoms with Gasteiger partial charge in [0.15, 0.2) is 0 Å². The normalized spacial score (nSPS) is 21.6. The van der Waals surface area contributed by atoms with Crippen LogP contribution in [0.2, 0.25) is 0 Å². The van der Waals surface area contributed by atoms with E-state index in [2.05, 4.69) is 44.0 Å². The van der Waals surface area contributed by atoms with Gasteiger partial charge >= 0.3 is 0 Å². The van der Waals surface area contributed by atoms with E-state index in [0.717, 1.165) is 31.9 Å². The van der Waals surface area contributed by atoms with E-state index in [-0.39, 0.29) is 0 Å². The summed E-state index contributed by atoms with van der Waals surface area (Å²) in [5.74, 6) is 1.03. The highest BCUT2D eigenvalue weighted by atomic mass is 16.3. The zero-order valence-electron chi connectivity index (χ0n) is 13.1. The first-order valence-corrected chi connectivity index (χ1v) is 7.80. The number of nitrogens with one attached hydrogen (secondary N) is 1. The standard InChI is InChI=1S/C17H24N4O/c1-20(14-17(22)7-8-18-13-17)12-16-19-9-10-21(16)11-15-5-3-2-4-6-15/h2-6,9-10,18,22H,7-8,11-14H2,1H3/t17-/m0/s1. The fourth-order valence-corrected chi connectivity index (χ4v) is 3.08. The van der Waals surface area contributed by atoms with Crippen molar-refractivity contribution in [1.82, 2.24) is 19.8 Å². The Morgan fingerprint density at radius 3 is 2.91 bits per heavy atom. The van der Waals surface area contributed by atoms with Gasteiger partial charge in [-0.25, -0.2) is 4.98 Å². The van der Waals surface area contributed by atoms with Gasteiger partial charge < -0.3 is 15.0 Å². The minimum Gasteiger partial charge on any atom is -0.387 e. The zero-order valence-corrected chi connectivity index (χ0v) is 13.1. The predicted molar refractivity (Wildman–Crippen MR) is 86.5 cm³/mol. The molecule has 1 aliphatic rings. The van der Waals surface area contributed by atoms with Gasteiger partial charge in [0.25, 0.3) is 0 Å². The van der Waals surface area contributed by atoms with Gasteiger partial charge in [0, 0.05) is 32.0 Å². The maximum Gasteiger partial charge on any atom is 0.123 e. The smallest absolute Gasteiger partial charge is 0.123 e. The summed E-state index contributed by atoms with van der Waals surface area (Å²) in [6, 6.07) is 10.4. The van der Waals surface area contributed by atoms with E-state index in [4.69, 9.17) is 0 Å². The van der Waals surface area contributed by atoms with Crippen molar-refractivity contribution < 1.29 is 5.11 Å². The molecule has 1 aliphatic heterocycles. The van der Waals surface area contributed by atoms with Crippen LogP contribution in [0.4, 0.5) is 0 Å². The molecule has 5 heteroatoms. The number of hydrogen-bond acceptors (Lipinski definition) is 4. The molecule has 2 aromatic rings. The average molecular weight is 300 g/mol. The maximum absolute atomic E-state index is 10.5. The van der Waals surface area contributed by atoms with Gasteiger partial charge in [0.2, 0.25) is 0 Å². The summed E-state index contributed by atoms with van der Waals surface area (Å²) >= 11 is 0. The molecule has 22 heavy (non-hydrogen) atoms. The second-order valence-corrected chi connectivity index (χ2v) is 6.28. The Morgan fingerprint density at radius 1 is 1.36 bits per heavy atom. The molecule has 1 aromatic heterocycles. The number of β-amino-alcohol motifs (C(OH)–C–C–N with tert-alkyl or cyclic N) is 1. The number of imidazole rings is 1. The molecule has 0 radical (unpaired) electrons. The summed E-state index contributed by atoms with van der Waals surface area (Å²) in [7, 11) is 2.04. The molecule has 0 bridgehead atoms. The molecule has 0 amide bonds. The Bertz CT molecular complexity index is 590. The van der Waals surface area contributed by atoms with E-state index in [1.54, 1.807) is 0 Å². The highest BCUT2D eigenvalue weighted by molar-refractivity contribution is 5.15. The van der Waals surface area contributed by atoms with Crippen molar-refractivity contribution in [3.63, 3.8) is 0 Å². The number of aliphatic hydroxyl groups is 1. The number of nitrogens with zero attached hydrogens (tertiary/aromatic N) is 3. The summed E-state index contributed by atoms with van der Waals surface area (Å²) in [5, 5.41) is 13.7. The Balaban J connectivity index is 1.62. The first kappa shape index (κ1) is 15.2. The van der Waals surface area contributed by atoms with Crippen LogP contribution >= 0.6 is 0 Å². The fourth-order valence-electron chi connectivity index (χ4n) is 3.08. The quantitative estimate of drug-likeness (QED) is 0.838. The van der Waals surface area contributed by atoms with Crippen molar-refractivity contribution in [3.05, 3.63) is 54.1 Å². The van der Waals surface area contributed by atoms with Crippen LogP contribution in [-0.4, -0.2) is 51.8 Å². The maximum atomic E-state index is 10.5. The Morgan fingerprint density at radius 2 is 2.18 bits per heavy atom. The Kier molecular flexibility index (Phi) is 4.57. The van der Waals surface area contributed by atoms with Gasteiger partial charge in [0.05, 0.1) is 12.1 Å². The molecule has 3 rings (SSSR count). The SMILES string of the molecule is CN(Cc1nccn1Cc1ccccc1)C[C@]1(O)CCNC1. The van der Waals surface area contributed by atoms with Crippen molar-refractivity contribution >= 4 is 0 Å². The van der Waals surface area contributed by atoms with Gasteiger partial charge in [-0.15, -0.1) is 0 Å². The summed E-state index contributed by atoms with van der Waals surface area (Å²) in [4.78, 5) is 6.62. The molecule has 1 atom stereocenters. The third-order valence-electron chi connectivity index (χ3n) is 4.19. The lowest BCUT2D eigenvalue weighted by Gasteiger charge is -2.27. The van der Waals surface area contributed by atoms with Crippen LogP contribution in [-0.2, 0) is 13.1 Å². The van der Waals surface area contributed by atoms with Gasteiger partial charge in [-0.1, -0.05) is 30.3 Å². The first-order chi connectivity index (χ1) is 10.6. The van der Waals surface area contributed by atoms with Crippen molar-refractivity contribution in [1.29, 1.82) is 0 Å². The third-order valence-corrected chi connectivity index (χ3v) is 4.19. The predicted octanol–water partition coefficient (Wildman–Crippen LogP) is 1.09. The molecular formula is C17H24N4O. The second-order valence-electron chi connectivity index (χ2n) is 6.28. The molecule has 0 unspecified atom stereocenters. The van der Waals surface area contributed by atoms with Gasteiger partial charge in [-0.05, 0) is 25.6 Å². The monoisotopic (exact) mass is 300 g/mol. The Labute approximate surface area is 131 Å². The number of benzene rings is 1. The molecule has 5 nitrogen and oxygen atoms in total. The number of aromatic nitrogens is 2. The Hall–Kier alpha value is -1.69. The first-order valence-electron chi connectivity index (χ1n) is 7.80. The van der Waals surface area contributed by atoms with E-state index in [0.29, 0.717) is 13.1 Å². The summed E-state index contributed by atoms with van der Waals surface area (Å²) in [6.07, 6.45) is 4.68. The molecule has 118 valence electrons. The highest BCUT2D eigenvalue weighted by Crippen LogP contribution is 2.16. The van der Waals surface area contributed by atoms with E-state index in [1.807, 2.05) is 25.5 Å². The van der Waals surface area contributed by atoms with Crippen LogP contribution in [0.3, 0.4) is 0 Å². The summed E-state index contributed by atoms with van der Waals surface area (Å²) < 4.78 is 2.17. The van der Waals surface area contributed by atoms with Crippen LogP contribution in [0.25, 0.3) is 0 Å². The van der Waals surface area contributed by atoms with Crippen molar-refractivity contribution in [2.45, 2.75) is 25.1 Å². The fraction of sp³-hybridized carbons (Fsp3) is 0.471. The van der Waals surface area contributed by atoms with Crippen molar-refractivity contribution in [2.24, 2.45) is 0 Å². The zero-order chi connectivity index (χ0) is 15.4. The van der Waals surface area contributed by atoms with Crippen molar-refractivity contribution in [3.8, 4) is 0 Å². The van der Waals surface area contributed by atoms with E-state index >= 15 is 0 Å². The molecule has 2 heterocycles. The molecule has 1 saturated heterocycles. The molecule has 2 N–H and O–H groups in total. The number of rotatable bonds is 6. The van der Waals surface area contributed by atoms with Crippen LogP contribution in [0.1, 0.15) is 17.8 Å². The number of likely N-dealkylation sites (N-methyl/N-ethyl adjacent to an activating group) is 1. The molecule has 0 aliphatic carbocycles. The van der Waals surface area contributed by atoms with E-state index in [9.17, 15) is 5.11 Å². The summed E-state index contributed by atoms with van der Waals surface area (Å²) in [6.45, 7) is 3.80. The molecule has 0 saturated carbocycles. The minimum absolute atomic E-state index is 0.606. The van der Waals surface area contributed by atoms with Crippen LogP contribution < -0.4 is 5.32 Å². The van der Waals surface area contributed by atoms with Gasteiger partial charge in [0.1, 0.15) is 5.82 Å². The van der Waals surface area contributed by atoms with Crippen LogP contribution in [0.5, 0.6) is 0 Å².